The quantitative estimate of drug-likeness (QED) is 0.369. The number of hydrogen-bond acceptors (Lipinski definition) is 4. The standard InChI is InChI=1S/C10H13ClN2O3/c1-14-10(15-2)16-13-9(12)7-3-5-8(11)6-4-7/h3-6,10H,1-2H3,(H2,12,13). The summed E-state index contributed by atoms with van der Waals surface area (Å²) >= 11 is 5.74. The molecule has 0 saturated carbocycles. The monoisotopic (exact) mass is 244 g/mol. The molecule has 0 unspecified atom stereocenters. The van der Waals surface area contributed by atoms with Gasteiger partial charge in [-0.3, -0.25) is 0 Å². The Bertz CT molecular complexity index is 350. The fraction of sp³-hybridized carbons (Fsp3) is 0.300. The van der Waals surface area contributed by atoms with Crippen LogP contribution in [0.2, 0.25) is 5.02 Å². The van der Waals surface area contributed by atoms with Crippen LogP contribution in [0.5, 0.6) is 0 Å². The highest BCUT2D eigenvalue weighted by Gasteiger charge is 2.05. The van der Waals surface area contributed by atoms with Gasteiger partial charge in [-0.25, -0.2) is 0 Å². The first-order chi connectivity index (χ1) is 7.67. The highest BCUT2D eigenvalue weighted by molar-refractivity contribution is 6.30. The van der Waals surface area contributed by atoms with Gasteiger partial charge in [0, 0.05) is 24.8 Å². The van der Waals surface area contributed by atoms with E-state index in [1.54, 1.807) is 24.3 Å². The summed E-state index contributed by atoms with van der Waals surface area (Å²) in [6, 6.07) is 6.89. The lowest BCUT2D eigenvalue weighted by Crippen LogP contribution is -2.19. The number of ether oxygens (including phenoxy) is 2. The zero-order valence-electron chi connectivity index (χ0n) is 9.01. The third-order valence-electron chi connectivity index (χ3n) is 1.76. The average Bonchev–Trinajstić information content (AvgIpc) is 2.31. The van der Waals surface area contributed by atoms with Gasteiger partial charge >= 0.3 is 6.48 Å². The van der Waals surface area contributed by atoms with E-state index in [2.05, 4.69) is 5.16 Å². The maximum atomic E-state index is 5.74. The van der Waals surface area contributed by atoms with Gasteiger partial charge in [0.15, 0.2) is 5.84 Å². The highest BCUT2D eigenvalue weighted by Crippen LogP contribution is 2.09. The van der Waals surface area contributed by atoms with Crippen LogP contribution >= 0.6 is 11.6 Å². The molecule has 0 bridgehead atoms. The molecule has 0 radical (unpaired) electrons. The lowest BCUT2D eigenvalue weighted by Gasteiger charge is -2.10. The number of amidine groups is 1. The van der Waals surface area contributed by atoms with Gasteiger partial charge in [-0.1, -0.05) is 16.8 Å². The largest absolute Gasteiger partial charge is 0.380 e. The van der Waals surface area contributed by atoms with E-state index in [0.717, 1.165) is 0 Å². The number of rotatable bonds is 5. The Morgan fingerprint density at radius 2 is 1.81 bits per heavy atom. The molecule has 0 spiro atoms. The summed E-state index contributed by atoms with van der Waals surface area (Å²) in [4.78, 5) is 4.87. The predicted octanol–water partition coefficient (Wildman–Crippen LogP) is 1.55. The molecular formula is C10H13ClN2O3. The van der Waals surface area contributed by atoms with Crippen LogP contribution in [0.15, 0.2) is 29.4 Å². The molecule has 88 valence electrons. The van der Waals surface area contributed by atoms with Crippen molar-refractivity contribution in [2.45, 2.75) is 6.48 Å². The summed E-state index contributed by atoms with van der Waals surface area (Å²) < 4.78 is 9.55. The van der Waals surface area contributed by atoms with Gasteiger partial charge in [0.1, 0.15) is 0 Å². The van der Waals surface area contributed by atoms with Crippen LogP contribution in [-0.2, 0) is 14.3 Å². The van der Waals surface area contributed by atoms with Crippen LogP contribution in [0.4, 0.5) is 0 Å². The Labute approximate surface area is 98.7 Å². The van der Waals surface area contributed by atoms with Crippen molar-refractivity contribution in [3.63, 3.8) is 0 Å². The van der Waals surface area contributed by atoms with E-state index in [1.807, 2.05) is 0 Å². The molecule has 6 heteroatoms. The Balaban J connectivity index is 2.66. The molecule has 1 aromatic carbocycles. The van der Waals surface area contributed by atoms with Crippen LogP contribution in [0.3, 0.4) is 0 Å². The zero-order valence-corrected chi connectivity index (χ0v) is 9.77. The first-order valence-corrected chi connectivity index (χ1v) is 4.86. The molecule has 5 nitrogen and oxygen atoms in total. The maximum Gasteiger partial charge on any atom is 0.339 e. The first-order valence-electron chi connectivity index (χ1n) is 4.48. The second-order valence-electron chi connectivity index (χ2n) is 2.85. The molecule has 0 aliphatic carbocycles. The molecule has 0 saturated heterocycles. The number of hydrogen-bond donors (Lipinski definition) is 1. The number of oxime groups is 1. The number of nitrogens with two attached hydrogens (primary N) is 1. The lowest BCUT2D eigenvalue weighted by molar-refractivity contribution is -0.265. The predicted molar refractivity (Wildman–Crippen MR) is 61.1 cm³/mol. The van der Waals surface area contributed by atoms with Crippen LogP contribution < -0.4 is 5.73 Å². The molecule has 1 rings (SSSR count). The number of halogens is 1. The van der Waals surface area contributed by atoms with Crippen molar-refractivity contribution in [2.75, 3.05) is 14.2 Å². The van der Waals surface area contributed by atoms with Crippen molar-refractivity contribution >= 4 is 17.4 Å². The van der Waals surface area contributed by atoms with E-state index in [9.17, 15) is 0 Å². The summed E-state index contributed by atoms with van der Waals surface area (Å²) in [7, 11) is 2.87. The smallest absolute Gasteiger partial charge is 0.339 e. The fourth-order valence-corrected chi connectivity index (χ4v) is 1.08. The Hall–Kier alpha value is -1.30. The number of methoxy groups -OCH3 is 2. The second-order valence-corrected chi connectivity index (χ2v) is 3.29. The van der Waals surface area contributed by atoms with Crippen molar-refractivity contribution in [1.29, 1.82) is 0 Å². The third kappa shape index (κ3) is 3.69. The van der Waals surface area contributed by atoms with Gasteiger partial charge in [0.25, 0.3) is 0 Å². The Morgan fingerprint density at radius 1 is 1.25 bits per heavy atom. The molecule has 0 aliphatic heterocycles. The van der Waals surface area contributed by atoms with Crippen LogP contribution in [-0.4, -0.2) is 26.5 Å². The minimum atomic E-state index is -0.870. The number of benzene rings is 1. The second kappa shape index (κ2) is 6.32. The molecule has 0 aromatic heterocycles. The van der Waals surface area contributed by atoms with E-state index in [0.29, 0.717) is 10.6 Å². The summed E-state index contributed by atoms with van der Waals surface area (Å²) in [5.41, 5.74) is 6.38. The maximum absolute atomic E-state index is 5.74. The molecule has 0 fully saturated rings. The minimum Gasteiger partial charge on any atom is -0.380 e. The molecule has 0 heterocycles. The van der Waals surface area contributed by atoms with E-state index < -0.39 is 6.48 Å². The Morgan fingerprint density at radius 3 is 2.31 bits per heavy atom. The van der Waals surface area contributed by atoms with Gasteiger partial charge in [-0.2, -0.15) is 0 Å². The molecule has 1 aromatic rings. The molecular weight excluding hydrogens is 232 g/mol. The average molecular weight is 245 g/mol. The van der Waals surface area contributed by atoms with Crippen LogP contribution in [0.25, 0.3) is 0 Å². The third-order valence-corrected chi connectivity index (χ3v) is 2.01. The summed E-state index contributed by atoms with van der Waals surface area (Å²) in [6.07, 6.45) is 0. The van der Waals surface area contributed by atoms with Gasteiger partial charge in [0.2, 0.25) is 0 Å². The zero-order chi connectivity index (χ0) is 12.0. The molecule has 2 N–H and O–H groups in total. The van der Waals surface area contributed by atoms with Crippen molar-refractivity contribution < 1.29 is 14.3 Å². The summed E-state index contributed by atoms with van der Waals surface area (Å²) in [6.45, 7) is -0.870. The lowest BCUT2D eigenvalue weighted by atomic mass is 10.2. The van der Waals surface area contributed by atoms with E-state index >= 15 is 0 Å². The van der Waals surface area contributed by atoms with E-state index in [-0.39, 0.29) is 5.84 Å². The highest BCUT2D eigenvalue weighted by atomic mass is 35.5. The van der Waals surface area contributed by atoms with Crippen molar-refractivity contribution in [2.24, 2.45) is 10.9 Å². The van der Waals surface area contributed by atoms with Gasteiger partial charge in [-0.05, 0) is 24.3 Å². The van der Waals surface area contributed by atoms with Gasteiger partial charge in [-0.15, -0.1) is 0 Å². The van der Waals surface area contributed by atoms with E-state index in [1.165, 1.54) is 14.2 Å². The van der Waals surface area contributed by atoms with E-state index in [4.69, 9.17) is 31.6 Å². The Kier molecular flexibility index (Phi) is 5.04. The van der Waals surface area contributed by atoms with Crippen LogP contribution in [0.1, 0.15) is 5.56 Å². The topological polar surface area (TPSA) is 66.1 Å². The number of nitrogens with zero attached hydrogens (tertiary/aromatic N) is 1. The van der Waals surface area contributed by atoms with Crippen molar-refractivity contribution in [1.82, 2.24) is 0 Å². The minimum absolute atomic E-state index is 0.218. The van der Waals surface area contributed by atoms with Crippen LogP contribution in [0, 0.1) is 0 Å². The first kappa shape index (κ1) is 12.8. The molecule has 0 atom stereocenters. The van der Waals surface area contributed by atoms with Gasteiger partial charge in [0.05, 0.1) is 0 Å². The summed E-state index contributed by atoms with van der Waals surface area (Å²) in [5, 5.41) is 4.30. The molecule has 0 amide bonds. The van der Waals surface area contributed by atoms with Crippen molar-refractivity contribution in [3.05, 3.63) is 34.9 Å². The van der Waals surface area contributed by atoms with Gasteiger partial charge < -0.3 is 20.0 Å². The molecule has 0 aliphatic rings. The SMILES string of the molecule is COC(OC)O/N=C(\N)c1ccc(Cl)cc1. The normalized spacial score (nSPS) is 11.9. The fourth-order valence-electron chi connectivity index (χ4n) is 0.955. The summed E-state index contributed by atoms with van der Waals surface area (Å²) in [5.74, 6) is 0.218. The molecule has 16 heavy (non-hydrogen) atoms. The van der Waals surface area contributed by atoms with Crippen molar-refractivity contribution in [3.8, 4) is 0 Å².